The summed E-state index contributed by atoms with van der Waals surface area (Å²) in [6, 6.07) is 14.3. The van der Waals surface area contributed by atoms with Crippen LogP contribution in [0.25, 0.3) is 21.8 Å². The molecule has 3 aromatic rings. The van der Waals surface area contributed by atoms with E-state index in [0.717, 1.165) is 38.2 Å². The molecule has 1 fully saturated rings. The van der Waals surface area contributed by atoms with Gasteiger partial charge in [-0.1, -0.05) is 18.2 Å². The maximum Gasteiger partial charge on any atom is 0.241 e. The van der Waals surface area contributed by atoms with Gasteiger partial charge < -0.3 is 15.0 Å². The maximum absolute atomic E-state index is 12.7. The third-order valence-electron chi connectivity index (χ3n) is 5.78. The number of carbonyl (C=O) groups is 1. The van der Waals surface area contributed by atoms with Gasteiger partial charge in [0.25, 0.3) is 0 Å². The van der Waals surface area contributed by atoms with Crippen molar-refractivity contribution >= 4 is 33.4 Å². The molecule has 4 rings (SSSR count). The number of hydrogen-bond acceptors (Lipinski definition) is 3. The molecule has 1 saturated heterocycles. The molecule has 0 saturated carbocycles. The lowest BCUT2D eigenvalue weighted by atomic mass is 10.1. The fraction of sp³-hybridized carbons (Fsp3) is 0.409. The second-order valence-corrected chi connectivity index (χ2v) is 7.43. The van der Waals surface area contributed by atoms with Crippen LogP contribution in [0.5, 0.6) is 0 Å². The van der Waals surface area contributed by atoms with Gasteiger partial charge in [-0.2, -0.15) is 0 Å². The molecule has 1 aromatic heterocycles. The fourth-order valence-corrected chi connectivity index (χ4v) is 4.16. The minimum Gasteiger partial charge on any atom is -0.393 e. The van der Waals surface area contributed by atoms with Crippen LogP contribution in [-0.2, 0) is 11.3 Å². The Bertz CT molecular complexity index is 970. The Morgan fingerprint density at radius 3 is 2.59 bits per heavy atom. The average molecular weight is 365 g/mol. The molecule has 27 heavy (non-hydrogen) atoms. The molecular weight excluding hydrogens is 338 g/mol. The van der Waals surface area contributed by atoms with Gasteiger partial charge in [-0.15, -0.1) is 0 Å². The van der Waals surface area contributed by atoms with Crippen LogP contribution in [0.2, 0.25) is 0 Å². The smallest absolute Gasteiger partial charge is 0.241 e. The first-order valence-corrected chi connectivity index (χ1v) is 9.82. The molecule has 1 aliphatic heterocycles. The number of fused-ring (bicyclic) bond motifs is 3. The van der Waals surface area contributed by atoms with Crippen LogP contribution in [0.15, 0.2) is 42.5 Å². The normalized spacial score (nSPS) is 17.4. The van der Waals surface area contributed by atoms with E-state index >= 15 is 0 Å². The lowest BCUT2D eigenvalue weighted by molar-refractivity contribution is -0.121. The van der Waals surface area contributed by atoms with Gasteiger partial charge in [-0.3, -0.25) is 9.69 Å². The Hall–Kier alpha value is -2.37. The molecule has 1 amide bonds. The molecule has 2 heterocycles. The predicted octanol–water partition coefficient (Wildman–Crippen LogP) is 3.60. The molecule has 5 nitrogen and oxygen atoms in total. The Kier molecular flexibility index (Phi) is 4.89. The van der Waals surface area contributed by atoms with Gasteiger partial charge in [-0.25, -0.2) is 0 Å². The molecule has 1 aliphatic rings. The van der Waals surface area contributed by atoms with Gasteiger partial charge in [0.1, 0.15) is 0 Å². The number of aryl methyl sites for hydroxylation is 1. The van der Waals surface area contributed by atoms with Crippen LogP contribution in [0.1, 0.15) is 26.7 Å². The number of carbonyl (C=O) groups excluding carboxylic acids is 1. The number of anilines is 1. The molecule has 0 radical (unpaired) electrons. The van der Waals surface area contributed by atoms with Crippen LogP contribution in [0.3, 0.4) is 0 Å². The zero-order valence-electron chi connectivity index (χ0n) is 16.0. The second kappa shape index (κ2) is 7.33. The van der Waals surface area contributed by atoms with Crippen molar-refractivity contribution in [1.29, 1.82) is 0 Å². The van der Waals surface area contributed by atoms with E-state index < -0.39 is 0 Å². The highest BCUT2D eigenvalue weighted by atomic mass is 16.3. The largest absolute Gasteiger partial charge is 0.393 e. The van der Waals surface area contributed by atoms with Crippen molar-refractivity contribution in [3.8, 4) is 0 Å². The van der Waals surface area contributed by atoms with E-state index in [9.17, 15) is 9.90 Å². The molecule has 0 aliphatic carbocycles. The summed E-state index contributed by atoms with van der Waals surface area (Å²) in [7, 11) is 0. The number of likely N-dealkylation sites (tertiary alicyclic amines) is 1. The van der Waals surface area contributed by atoms with E-state index in [4.69, 9.17) is 0 Å². The van der Waals surface area contributed by atoms with Crippen LogP contribution in [0.4, 0.5) is 5.69 Å². The number of rotatable bonds is 4. The minimum absolute atomic E-state index is 0.00460. The van der Waals surface area contributed by atoms with Crippen molar-refractivity contribution in [3.05, 3.63) is 42.5 Å². The number of piperidine rings is 1. The highest BCUT2D eigenvalue weighted by Crippen LogP contribution is 2.31. The molecule has 2 aromatic carbocycles. The van der Waals surface area contributed by atoms with Crippen LogP contribution in [0, 0.1) is 0 Å². The summed E-state index contributed by atoms with van der Waals surface area (Å²) < 4.78 is 2.30. The summed E-state index contributed by atoms with van der Waals surface area (Å²) in [4.78, 5) is 14.9. The van der Waals surface area contributed by atoms with Crippen molar-refractivity contribution in [2.75, 3.05) is 18.4 Å². The first kappa shape index (κ1) is 18.0. The lowest BCUT2D eigenvalue weighted by Crippen LogP contribution is -2.47. The van der Waals surface area contributed by atoms with Crippen molar-refractivity contribution in [2.24, 2.45) is 0 Å². The van der Waals surface area contributed by atoms with Crippen molar-refractivity contribution < 1.29 is 9.90 Å². The number of aromatic nitrogens is 1. The molecular formula is C22H27N3O2. The molecule has 2 N–H and O–H groups in total. The van der Waals surface area contributed by atoms with Crippen LogP contribution in [-0.4, -0.2) is 45.7 Å². The predicted molar refractivity (Wildman–Crippen MR) is 110 cm³/mol. The van der Waals surface area contributed by atoms with Crippen molar-refractivity contribution in [1.82, 2.24) is 9.47 Å². The third-order valence-corrected chi connectivity index (χ3v) is 5.78. The Morgan fingerprint density at radius 2 is 1.85 bits per heavy atom. The number of aliphatic hydroxyl groups is 1. The number of nitrogens with zero attached hydrogens (tertiary/aromatic N) is 2. The first-order chi connectivity index (χ1) is 13.1. The zero-order valence-corrected chi connectivity index (χ0v) is 16.0. The Morgan fingerprint density at radius 1 is 1.15 bits per heavy atom. The van der Waals surface area contributed by atoms with Gasteiger partial charge in [-0.05, 0) is 51.0 Å². The van der Waals surface area contributed by atoms with E-state index in [1.165, 1.54) is 21.8 Å². The highest BCUT2D eigenvalue weighted by molar-refractivity contribution is 6.10. The number of amides is 1. The topological polar surface area (TPSA) is 57.5 Å². The molecule has 0 bridgehead atoms. The maximum atomic E-state index is 12.7. The quantitative estimate of drug-likeness (QED) is 0.743. The van der Waals surface area contributed by atoms with E-state index in [0.29, 0.717) is 0 Å². The fourth-order valence-electron chi connectivity index (χ4n) is 4.16. The summed E-state index contributed by atoms with van der Waals surface area (Å²) in [5.41, 5.74) is 3.24. The average Bonchev–Trinajstić information content (AvgIpc) is 3.01. The van der Waals surface area contributed by atoms with Gasteiger partial charge in [0.05, 0.1) is 12.1 Å². The van der Waals surface area contributed by atoms with Crippen LogP contribution >= 0.6 is 0 Å². The summed E-state index contributed by atoms with van der Waals surface area (Å²) >= 11 is 0. The highest BCUT2D eigenvalue weighted by Gasteiger charge is 2.25. The molecule has 0 spiro atoms. The van der Waals surface area contributed by atoms with Crippen molar-refractivity contribution in [3.63, 3.8) is 0 Å². The molecule has 5 heteroatoms. The Balaban J connectivity index is 1.59. The summed E-state index contributed by atoms with van der Waals surface area (Å²) in [5, 5.41) is 15.1. The second-order valence-electron chi connectivity index (χ2n) is 7.43. The number of benzene rings is 2. The molecule has 142 valence electrons. The van der Waals surface area contributed by atoms with Gasteiger partial charge >= 0.3 is 0 Å². The minimum atomic E-state index is -0.227. The van der Waals surface area contributed by atoms with Crippen molar-refractivity contribution in [2.45, 2.75) is 45.4 Å². The summed E-state index contributed by atoms with van der Waals surface area (Å²) in [5.74, 6) is 0.00460. The first-order valence-electron chi connectivity index (χ1n) is 9.82. The van der Waals surface area contributed by atoms with Gasteiger partial charge in [0, 0.05) is 47.1 Å². The van der Waals surface area contributed by atoms with E-state index in [2.05, 4.69) is 58.1 Å². The zero-order chi connectivity index (χ0) is 19.0. The number of para-hydroxylation sites is 1. The summed E-state index contributed by atoms with van der Waals surface area (Å²) in [6.45, 7) is 6.53. The number of nitrogens with one attached hydrogen (secondary N) is 1. The molecule has 1 atom stereocenters. The van der Waals surface area contributed by atoms with E-state index in [-0.39, 0.29) is 18.1 Å². The standard InChI is InChI=1S/C22H27N3O2/c1-3-25-20-7-5-4-6-18(20)19-14-16(8-9-21(19)25)23-22(27)15(2)24-12-10-17(26)11-13-24/h4-9,14-15,17,26H,3,10-13H2,1-2H3,(H,23,27). The molecule has 1 unspecified atom stereocenters. The lowest BCUT2D eigenvalue weighted by Gasteiger charge is -2.33. The summed E-state index contributed by atoms with van der Waals surface area (Å²) in [6.07, 6.45) is 1.25. The number of aliphatic hydroxyl groups excluding tert-OH is 1. The third kappa shape index (κ3) is 3.33. The van der Waals surface area contributed by atoms with Gasteiger partial charge in [0.2, 0.25) is 5.91 Å². The SMILES string of the molecule is CCn1c2ccccc2c2cc(NC(=O)C(C)N3CCC(O)CC3)ccc21. The monoisotopic (exact) mass is 365 g/mol. The number of hydrogen-bond donors (Lipinski definition) is 2. The van der Waals surface area contributed by atoms with Crippen LogP contribution < -0.4 is 5.32 Å². The Labute approximate surface area is 159 Å². The van der Waals surface area contributed by atoms with E-state index in [1.54, 1.807) is 0 Å². The van der Waals surface area contributed by atoms with Gasteiger partial charge in [0.15, 0.2) is 0 Å². The van der Waals surface area contributed by atoms with E-state index in [1.807, 2.05) is 13.0 Å².